The highest BCUT2D eigenvalue weighted by atomic mass is 32.1. The lowest BCUT2D eigenvalue weighted by molar-refractivity contribution is -0.380. The summed E-state index contributed by atoms with van der Waals surface area (Å²) in [6, 6.07) is 2.76. The number of carboxylic acid groups (broad SMARTS) is 1. The lowest BCUT2D eigenvalue weighted by atomic mass is 9.76. The van der Waals surface area contributed by atoms with Crippen LogP contribution >= 0.6 is 11.3 Å². The van der Waals surface area contributed by atoms with E-state index in [9.17, 15) is 24.8 Å². The molecule has 21 heavy (non-hydrogen) atoms. The molecule has 1 aliphatic rings. The number of nitro groups is 1. The molecule has 2 rings (SSSR count). The molecule has 114 valence electrons. The fourth-order valence-corrected chi connectivity index (χ4v) is 3.34. The maximum Gasteiger partial charge on any atom is 0.324 e. The molecule has 0 aliphatic carbocycles. The van der Waals surface area contributed by atoms with Crippen LogP contribution in [0.4, 0.5) is 5.00 Å². The standard InChI is InChI=1S/C13H16N2O5S/c1-2-13(12(17)18)5-7-14(8-6-13)11(16)9-3-4-10(21-9)15(19)20/h3-4H,2,5-8H2,1H3,(H,17,18). The molecule has 0 atom stereocenters. The zero-order chi connectivity index (χ0) is 15.6. The molecule has 8 heteroatoms. The number of carbonyl (C=O) groups is 2. The Hall–Kier alpha value is -1.96. The lowest BCUT2D eigenvalue weighted by Gasteiger charge is -2.38. The van der Waals surface area contributed by atoms with Crippen molar-refractivity contribution in [3.63, 3.8) is 0 Å². The molecule has 1 N–H and O–H groups in total. The fourth-order valence-electron chi connectivity index (χ4n) is 2.55. The molecule has 7 nitrogen and oxygen atoms in total. The Morgan fingerprint density at radius 1 is 1.43 bits per heavy atom. The average Bonchev–Trinajstić information content (AvgIpc) is 2.96. The molecule has 0 bridgehead atoms. The van der Waals surface area contributed by atoms with E-state index in [4.69, 9.17) is 0 Å². The van der Waals surface area contributed by atoms with Crippen LogP contribution in [0.1, 0.15) is 35.9 Å². The topological polar surface area (TPSA) is 101 Å². The molecule has 0 unspecified atom stereocenters. The number of hydrogen-bond donors (Lipinski definition) is 1. The molecule has 1 amide bonds. The third-order valence-corrected chi connectivity index (χ3v) is 5.15. The molecule has 2 heterocycles. The summed E-state index contributed by atoms with van der Waals surface area (Å²) in [5.41, 5.74) is -0.752. The summed E-state index contributed by atoms with van der Waals surface area (Å²) in [6.45, 7) is 2.57. The van der Waals surface area contributed by atoms with Gasteiger partial charge in [0.25, 0.3) is 5.91 Å². The minimum Gasteiger partial charge on any atom is -0.481 e. The zero-order valence-electron chi connectivity index (χ0n) is 11.6. The van der Waals surface area contributed by atoms with Crippen LogP contribution in [0.3, 0.4) is 0 Å². The van der Waals surface area contributed by atoms with Crippen LogP contribution in [0.5, 0.6) is 0 Å². The first-order valence-corrected chi connectivity index (χ1v) is 7.48. The Morgan fingerprint density at radius 2 is 2.05 bits per heavy atom. The molecular weight excluding hydrogens is 296 g/mol. The number of carboxylic acids is 1. The van der Waals surface area contributed by atoms with Gasteiger partial charge in [0.1, 0.15) is 0 Å². The highest BCUT2D eigenvalue weighted by Crippen LogP contribution is 2.36. The highest BCUT2D eigenvalue weighted by Gasteiger charge is 2.41. The average molecular weight is 312 g/mol. The first kappa shape index (κ1) is 15.4. The Morgan fingerprint density at radius 3 is 2.48 bits per heavy atom. The van der Waals surface area contributed by atoms with Crippen LogP contribution in [-0.2, 0) is 4.79 Å². The fraction of sp³-hybridized carbons (Fsp3) is 0.538. The molecule has 0 aromatic carbocycles. The van der Waals surface area contributed by atoms with Gasteiger partial charge >= 0.3 is 11.0 Å². The monoisotopic (exact) mass is 312 g/mol. The van der Waals surface area contributed by atoms with Gasteiger partial charge in [0.2, 0.25) is 0 Å². The number of carbonyl (C=O) groups excluding carboxylic acids is 1. The smallest absolute Gasteiger partial charge is 0.324 e. The van der Waals surface area contributed by atoms with Crippen LogP contribution in [0, 0.1) is 15.5 Å². The van der Waals surface area contributed by atoms with E-state index in [0.717, 1.165) is 11.3 Å². The molecule has 1 fully saturated rings. The van der Waals surface area contributed by atoms with Crippen molar-refractivity contribution in [3.05, 3.63) is 27.1 Å². The van der Waals surface area contributed by atoms with Crippen molar-refractivity contribution in [1.82, 2.24) is 4.90 Å². The van der Waals surface area contributed by atoms with Crippen molar-refractivity contribution >= 4 is 28.2 Å². The summed E-state index contributed by atoms with van der Waals surface area (Å²) in [4.78, 5) is 35.6. The number of likely N-dealkylation sites (tertiary alicyclic amines) is 1. The maximum atomic E-state index is 12.3. The number of aliphatic carboxylic acids is 1. The molecule has 0 saturated carbocycles. The van der Waals surface area contributed by atoms with Crippen molar-refractivity contribution in [1.29, 1.82) is 0 Å². The molecule has 0 spiro atoms. The Balaban J connectivity index is 2.06. The minimum absolute atomic E-state index is 0.0659. The summed E-state index contributed by atoms with van der Waals surface area (Å²) >= 11 is 0.848. The third kappa shape index (κ3) is 2.90. The number of thiophene rings is 1. The van der Waals surface area contributed by atoms with Gasteiger partial charge in [-0.25, -0.2) is 0 Å². The normalized spacial score (nSPS) is 17.5. The van der Waals surface area contributed by atoms with Gasteiger partial charge in [-0.05, 0) is 25.3 Å². The van der Waals surface area contributed by atoms with Gasteiger partial charge in [0, 0.05) is 19.2 Å². The number of rotatable bonds is 4. The van der Waals surface area contributed by atoms with Crippen molar-refractivity contribution in [2.45, 2.75) is 26.2 Å². The van der Waals surface area contributed by atoms with Gasteiger partial charge < -0.3 is 10.0 Å². The van der Waals surface area contributed by atoms with E-state index in [1.165, 1.54) is 12.1 Å². The first-order valence-electron chi connectivity index (χ1n) is 6.66. The van der Waals surface area contributed by atoms with Gasteiger partial charge in [-0.15, -0.1) is 0 Å². The lowest BCUT2D eigenvalue weighted by Crippen LogP contribution is -2.46. The third-order valence-electron chi connectivity index (χ3n) is 4.12. The summed E-state index contributed by atoms with van der Waals surface area (Å²) in [5, 5.41) is 19.9. The zero-order valence-corrected chi connectivity index (χ0v) is 12.4. The molecule has 1 saturated heterocycles. The van der Waals surface area contributed by atoms with Crippen LogP contribution in [0.25, 0.3) is 0 Å². The maximum absolute atomic E-state index is 12.3. The Labute approximate surface area is 125 Å². The van der Waals surface area contributed by atoms with Crippen LogP contribution in [-0.4, -0.2) is 39.9 Å². The quantitative estimate of drug-likeness (QED) is 0.679. The van der Waals surface area contributed by atoms with Crippen LogP contribution in [0.15, 0.2) is 12.1 Å². The molecule has 1 aromatic rings. The minimum atomic E-state index is -0.816. The van der Waals surface area contributed by atoms with Gasteiger partial charge in [0.15, 0.2) is 0 Å². The summed E-state index contributed by atoms with van der Waals surface area (Å²) in [7, 11) is 0. The summed E-state index contributed by atoms with van der Waals surface area (Å²) in [6.07, 6.45) is 1.37. The predicted molar refractivity (Wildman–Crippen MR) is 76.5 cm³/mol. The van der Waals surface area contributed by atoms with E-state index < -0.39 is 16.3 Å². The van der Waals surface area contributed by atoms with Crippen molar-refractivity contribution < 1.29 is 19.6 Å². The molecule has 1 aliphatic heterocycles. The summed E-state index contributed by atoms with van der Waals surface area (Å²) < 4.78 is 0. The van der Waals surface area contributed by atoms with Crippen LogP contribution in [0.2, 0.25) is 0 Å². The molecule has 0 radical (unpaired) electrons. The van der Waals surface area contributed by atoms with Crippen molar-refractivity contribution in [2.24, 2.45) is 5.41 Å². The molecular formula is C13H16N2O5S. The van der Waals surface area contributed by atoms with Gasteiger partial charge in [0.05, 0.1) is 15.2 Å². The van der Waals surface area contributed by atoms with Gasteiger partial charge in [-0.3, -0.25) is 19.7 Å². The summed E-state index contributed by atoms with van der Waals surface area (Å²) in [5.74, 6) is -1.08. The first-order chi connectivity index (χ1) is 9.89. The van der Waals surface area contributed by atoms with E-state index >= 15 is 0 Å². The van der Waals surface area contributed by atoms with Crippen molar-refractivity contribution in [3.8, 4) is 0 Å². The van der Waals surface area contributed by atoms with E-state index in [1.807, 2.05) is 6.92 Å². The van der Waals surface area contributed by atoms with Crippen LogP contribution < -0.4 is 0 Å². The van der Waals surface area contributed by atoms with Crippen molar-refractivity contribution in [2.75, 3.05) is 13.1 Å². The predicted octanol–water partition coefficient (Wildman–Crippen LogP) is 2.37. The van der Waals surface area contributed by atoms with Gasteiger partial charge in [-0.2, -0.15) is 0 Å². The van der Waals surface area contributed by atoms with E-state index in [-0.39, 0.29) is 10.9 Å². The van der Waals surface area contributed by atoms with E-state index in [1.54, 1.807) is 4.90 Å². The SMILES string of the molecule is CCC1(C(=O)O)CCN(C(=O)c2ccc([N+](=O)[O-])s2)CC1. The highest BCUT2D eigenvalue weighted by molar-refractivity contribution is 7.17. The van der Waals surface area contributed by atoms with E-state index in [2.05, 4.69) is 0 Å². The van der Waals surface area contributed by atoms with E-state index in [0.29, 0.717) is 37.2 Å². The second kappa shape index (κ2) is 5.80. The number of nitrogens with zero attached hydrogens (tertiary/aromatic N) is 2. The Bertz CT molecular complexity index is 575. The number of amides is 1. The molecule has 1 aromatic heterocycles. The van der Waals surface area contributed by atoms with Gasteiger partial charge in [-0.1, -0.05) is 18.3 Å². The number of piperidine rings is 1. The second-order valence-electron chi connectivity index (χ2n) is 5.13. The Kier molecular flexibility index (Phi) is 4.26. The largest absolute Gasteiger partial charge is 0.481 e. The second-order valence-corrected chi connectivity index (χ2v) is 6.19. The number of hydrogen-bond acceptors (Lipinski definition) is 5.